The first-order valence-corrected chi connectivity index (χ1v) is 7.17. The summed E-state index contributed by atoms with van der Waals surface area (Å²) in [5.74, 6) is 1.61. The molecule has 2 nitrogen and oxygen atoms in total. The summed E-state index contributed by atoms with van der Waals surface area (Å²) in [6.07, 6.45) is 6.48. The number of pyridine rings is 1. The van der Waals surface area contributed by atoms with E-state index in [1.807, 2.05) is 6.07 Å². The van der Waals surface area contributed by atoms with Crippen LogP contribution >= 0.6 is 11.6 Å². The summed E-state index contributed by atoms with van der Waals surface area (Å²) in [5, 5.41) is 0. The Bertz CT molecular complexity index is 354. The lowest BCUT2D eigenvalue weighted by Gasteiger charge is -2.30. The van der Waals surface area contributed by atoms with Crippen LogP contribution in [0, 0.1) is 0 Å². The van der Waals surface area contributed by atoms with Gasteiger partial charge in [0.05, 0.1) is 11.6 Å². The van der Waals surface area contributed by atoms with Crippen molar-refractivity contribution in [1.82, 2.24) is 4.98 Å². The van der Waals surface area contributed by atoms with E-state index in [9.17, 15) is 0 Å². The fourth-order valence-electron chi connectivity index (χ4n) is 2.60. The molecule has 3 heteroatoms. The van der Waals surface area contributed by atoms with Gasteiger partial charge >= 0.3 is 0 Å². The number of anilines is 1. The van der Waals surface area contributed by atoms with Crippen molar-refractivity contribution in [3.63, 3.8) is 0 Å². The van der Waals surface area contributed by atoms with Crippen molar-refractivity contribution in [3.05, 3.63) is 23.9 Å². The SMILES string of the molecule is CCC1CCCCCN1c1cccc(CCl)n1. The highest BCUT2D eigenvalue weighted by Gasteiger charge is 2.20. The van der Waals surface area contributed by atoms with Gasteiger partial charge in [-0.2, -0.15) is 0 Å². The minimum absolute atomic E-state index is 0.498. The molecule has 1 saturated heterocycles. The third-order valence-corrected chi connectivity index (χ3v) is 3.85. The highest BCUT2D eigenvalue weighted by Crippen LogP contribution is 2.24. The molecule has 0 saturated carbocycles. The molecule has 0 N–H and O–H groups in total. The van der Waals surface area contributed by atoms with Crippen LogP contribution in [0.3, 0.4) is 0 Å². The van der Waals surface area contributed by atoms with Gasteiger partial charge in [0.1, 0.15) is 5.82 Å². The quantitative estimate of drug-likeness (QED) is 0.757. The lowest BCUT2D eigenvalue weighted by molar-refractivity contribution is 0.552. The molecule has 0 spiro atoms. The molecule has 0 bridgehead atoms. The third kappa shape index (κ3) is 3.12. The zero-order valence-corrected chi connectivity index (χ0v) is 11.3. The number of halogens is 1. The monoisotopic (exact) mass is 252 g/mol. The zero-order chi connectivity index (χ0) is 12.1. The summed E-state index contributed by atoms with van der Waals surface area (Å²) in [7, 11) is 0. The molecule has 1 aliphatic heterocycles. The van der Waals surface area contributed by atoms with Gasteiger partial charge in [0.2, 0.25) is 0 Å². The van der Waals surface area contributed by atoms with E-state index in [2.05, 4.69) is 28.9 Å². The van der Waals surface area contributed by atoms with Crippen molar-refractivity contribution in [2.45, 2.75) is 50.9 Å². The Labute approximate surface area is 109 Å². The summed E-state index contributed by atoms with van der Waals surface area (Å²) in [4.78, 5) is 7.12. The normalized spacial score (nSPS) is 21.3. The van der Waals surface area contributed by atoms with Crippen LogP contribution in [0.4, 0.5) is 5.82 Å². The molecule has 0 aromatic carbocycles. The van der Waals surface area contributed by atoms with Crippen molar-refractivity contribution in [2.24, 2.45) is 0 Å². The predicted molar refractivity (Wildman–Crippen MR) is 73.7 cm³/mol. The van der Waals surface area contributed by atoms with Crippen LogP contribution in [0.2, 0.25) is 0 Å². The number of alkyl halides is 1. The second-order valence-corrected chi connectivity index (χ2v) is 4.99. The Morgan fingerprint density at radius 3 is 3.00 bits per heavy atom. The lowest BCUT2D eigenvalue weighted by Crippen LogP contribution is -2.35. The maximum atomic E-state index is 5.86. The molecule has 2 heterocycles. The standard InChI is InChI=1S/C14H21ClN2/c1-2-13-8-4-3-5-10-17(13)14-9-6-7-12(11-15)16-14/h6-7,9,13H,2-5,8,10-11H2,1H3. The fourth-order valence-corrected chi connectivity index (χ4v) is 2.75. The van der Waals surface area contributed by atoms with Crippen molar-refractivity contribution in [1.29, 1.82) is 0 Å². The van der Waals surface area contributed by atoms with Gasteiger partial charge < -0.3 is 4.90 Å². The molecule has 1 aromatic rings. The highest BCUT2D eigenvalue weighted by molar-refractivity contribution is 6.16. The Morgan fingerprint density at radius 1 is 1.35 bits per heavy atom. The van der Waals surface area contributed by atoms with Crippen LogP contribution in [0.15, 0.2) is 18.2 Å². The molecule has 94 valence electrons. The molecule has 1 atom stereocenters. The molecular weight excluding hydrogens is 232 g/mol. The van der Waals surface area contributed by atoms with E-state index >= 15 is 0 Å². The molecule has 2 rings (SSSR count). The summed E-state index contributed by atoms with van der Waals surface area (Å²) in [6.45, 7) is 3.41. The van der Waals surface area contributed by atoms with E-state index in [1.165, 1.54) is 32.1 Å². The first-order valence-electron chi connectivity index (χ1n) is 6.63. The van der Waals surface area contributed by atoms with Gasteiger partial charge in [-0.15, -0.1) is 11.6 Å². The zero-order valence-electron chi connectivity index (χ0n) is 10.5. The number of rotatable bonds is 3. The molecule has 0 aliphatic carbocycles. The van der Waals surface area contributed by atoms with Crippen LogP contribution in [0.1, 0.15) is 44.7 Å². The van der Waals surface area contributed by atoms with Crippen LogP contribution < -0.4 is 4.90 Å². The second kappa shape index (κ2) is 6.25. The van der Waals surface area contributed by atoms with Gasteiger partial charge in [0.15, 0.2) is 0 Å². The van der Waals surface area contributed by atoms with Crippen LogP contribution in [0.25, 0.3) is 0 Å². The minimum Gasteiger partial charge on any atom is -0.354 e. The first-order chi connectivity index (χ1) is 8.35. The van der Waals surface area contributed by atoms with Gasteiger partial charge in [-0.3, -0.25) is 0 Å². The summed E-state index contributed by atoms with van der Waals surface area (Å²) in [5.41, 5.74) is 0.975. The van der Waals surface area contributed by atoms with E-state index in [1.54, 1.807) is 0 Å². The van der Waals surface area contributed by atoms with E-state index in [-0.39, 0.29) is 0 Å². The molecule has 0 radical (unpaired) electrons. The van der Waals surface area contributed by atoms with Gasteiger partial charge in [0.25, 0.3) is 0 Å². The predicted octanol–water partition coefficient (Wildman–Crippen LogP) is 3.98. The Hall–Kier alpha value is -0.760. The average molecular weight is 253 g/mol. The largest absolute Gasteiger partial charge is 0.354 e. The molecule has 1 unspecified atom stereocenters. The van der Waals surface area contributed by atoms with Gasteiger partial charge in [-0.05, 0) is 31.4 Å². The lowest BCUT2D eigenvalue weighted by atomic mass is 10.1. The van der Waals surface area contributed by atoms with Gasteiger partial charge in [0, 0.05) is 12.6 Å². The van der Waals surface area contributed by atoms with Crippen molar-refractivity contribution in [2.75, 3.05) is 11.4 Å². The number of nitrogens with zero attached hydrogens (tertiary/aromatic N) is 2. The van der Waals surface area contributed by atoms with Gasteiger partial charge in [-0.1, -0.05) is 25.8 Å². The first kappa shape index (κ1) is 12.7. The maximum Gasteiger partial charge on any atom is 0.129 e. The smallest absolute Gasteiger partial charge is 0.129 e. The summed E-state index contributed by atoms with van der Waals surface area (Å²) in [6, 6.07) is 6.83. The molecule has 0 amide bonds. The van der Waals surface area contributed by atoms with E-state index in [0.717, 1.165) is 18.1 Å². The summed E-state index contributed by atoms with van der Waals surface area (Å²) >= 11 is 5.86. The maximum absolute atomic E-state index is 5.86. The van der Waals surface area contributed by atoms with Crippen molar-refractivity contribution < 1.29 is 0 Å². The minimum atomic E-state index is 0.498. The second-order valence-electron chi connectivity index (χ2n) is 4.73. The average Bonchev–Trinajstić information content (AvgIpc) is 2.63. The molecular formula is C14H21ClN2. The van der Waals surface area contributed by atoms with Crippen LogP contribution in [-0.4, -0.2) is 17.6 Å². The van der Waals surface area contributed by atoms with E-state index < -0.39 is 0 Å². The van der Waals surface area contributed by atoms with Crippen molar-refractivity contribution in [3.8, 4) is 0 Å². The fraction of sp³-hybridized carbons (Fsp3) is 0.643. The van der Waals surface area contributed by atoms with Crippen LogP contribution in [-0.2, 0) is 5.88 Å². The topological polar surface area (TPSA) is 16.1 Å². The number of hydrogen-bond acceptors (Lipinski definition) is 2. The number of hydrogen-bond donors (Lipinski definition) is 0. The molecule has 1 aromatic heterocycles. The Morgan fingerprint density at radius 2 is 2.24 bits per heavy atom. The molecule has 17 heavy (non-hydrogen) atoms. The van der Waals surface area contributed by atoms with Crippen molar-refractivity contribution >= 4 is 17.4 Å². The molecule has 1 fully saturated rings. The van der Waals surface area contributed by atoms with Gasteiger partial charge in [-0.25, -0.2) is 4.98 Å². The Balaban J connectivity index is 2.21. The van der Waals surface area contributed by atoms with E-state index in [0.29, 0.717) is 11.9 Å². The summed E-state index contributed by atoms with van der Waals surface area (Å²) < 4.78 is 0. The third-order valence-electron chi connectivity index (χ3n) is 3.57. The Kier molecular flexibility index (Phi) is 4.66. The van der Waals surface area contributed by atoms with E-state index in [4.69, 9.17) is 11.6 Å². The highest BCUT2D eigenvalue weighted by atomic mass is 35.5. The molecule has 1 aliphatic rings. The number of aromatic nitrogens is 1. The van der Waals surface area contributed by atoms with Crippen LogP contribution in [0.5, 0.6) is 0 Å².